The summed E-state index contributed by atoms with van der Waals surface area (Å²) in [7, 11) is 0. The summed E-state index contributed by atoms with van der Waals surface area (Å²) in [5.74, 6) is -1.15. The quantitative estimate of drug-likeness (QED) is 0.431. The fourth-order valence-corrected chi connectivity index (χ4v) is 1.51. The van der Waals surface area contributed by atoms with Crippen molar-refractivity contribution >= 4 is 18.3 Å². The molecule has 2 N–H and O–H groups in total. The monoisotopic (exact) mass is 200 g/mol. The second kappa shape index (κ2) is 4.59. The number of hydrogen-bond donors (Lipinski definition) is 2. The van der Waals surface area contributed by atoms with Crippen molar-refractivity contribution in [2.75, 3.05) is 13.1 Å². The molecule has 0 aromatic heterocycles. The van der Waals surface area contributed by atoms with Crippen LogP contribution in [0.1, 0.15) is 12.8 Å². The second-order valence-electron chi connectivity index (χ2n) is 3.05. The Morgan fingerprint density at radius 3 is 3.00 bits per heavy atom. The van der Waals surface area contributed by atoms with Crippen molar-refractivity contribution in [2.24, 2.45) is 0 Å². The number of aliphatic carboxylic acids is 1. The van der Waals surface area contributed by atoms with Crippen molar-refractivity contribution in [2.45, 2.75) is 18.9 Å². The van der Waals surface area contributed by atoms with E-state index in [0.717, 1.165) is 0 Å². The van der Waals surface area contributed by atoms with Crippen molar-refractivity contribution in [1.29, 1.82) is 0 Å². The maximum absolute atomic E-state index is 11.2. The van der Waals surface area contributed by atoms with Gasteiger partial charge in [-0.25, -0.2) is 4.79 Å². The average Bonchev–Trinajstić information content (AvgIpc) is 2.48. The van der Waals surface area contributed by atoms with Gasteiger partial charge in [0.15, 0.2) is 0 Å². The first kappa shape index (κ1) is 10.5. The van der Waals surface area contributed by atoms with Crippen LogP contribution in [0.4, 0.5) is 0 Å². The van der Waals surface area contributed by atoms with Gasteiger partial charge in [0.05, 0.1) is 0 Å². The molecule has 1 unspecified atom stereocenters. The van der Waals surface area contributed by atoms with Crippen LogP contribution in [0.3, 0.4) is 0 Å². The number of amides is 2. The summed E-state index contributed by atoms with van der Waals surface area (Å²) in [6.45, 7) is 0.549. The molecule has 1 aliphatic rings. The number of nitrogens with zero attached hydrogens (tertiary/aromatic N) is 1. The minimum Gasteiger partial charge on any atom is -0.480 e. The summed E-state index contributed by atoms with van der Waals surface area (Å²) in [5, 5.41) is 11.2. The molecular formula is C8H12N2O4. The van der Waals surface area contributed by atoms with Crippen LogP contribution >= 0.6 is 0 Å². The van der Waals surface area contributed by atoms with Gasteiger partial charge in [0.25, 0.3) is 0 Å². The van der Waals surface area contributed by atoms with Crippen LogP contribution in [-0.2, 0) is 14.4 Å². The molecule has 0 aromatic carbocycles. The van der Waals surface area contributed by atoms with E-state index in [9.17, 15) is 14.4 Å². The zero-order chi connectivity index (χ0) is 10.6. The molecule has 0 aliphatic carbocycles. The van der Waals surface area contributed by atoms with E-state index in [1.165, 1.54) is 4.90 Å². The Kier molecular flexibility index (Phi) is 3.44. The highest BCUT2D eigenvalue weighted by Crippen LogP contribution is 2.17. The lowest BCUT2D eigenvalue weighted by molar-refractivity contribution is -0.146. The van der Waals surface area contributed by atoms with Crippen molar-refractivity contribution in [1.82, 2.24) is 10.2 Å². The molecule has 78 valence electrons. The van der Waals surface area contributed by atoms with Gasteiger partial charge in [-0.15, -0.1) is 0 Å². The molecular weight excluding hydrogens is 188 g/mol. The predicted molar refractivity (Wildman–Crippen MR) is 46.4 cm³/mol. The number of carbonyl (C=O) groups excluding carboxylic acids is 2. The number of carboxylic acids is 1. The first-order chi connectivity index (χ1) is 6.66. The van der Waals surface area contributed by atoms with Crippen LogP contribution in [0.2, 0.25) is 0 Å². The normalized spacial score (nSPS) is 21.0. The summed E-state index contributed by atoms with van der Waals surface area (Å²) in [6, 6.07) is -0.726. The molecule has 1 saturated heterocycles. The Labute approximate surface area is 80.9 Å². The molecule has 1 atom stereocenters. The molecule has 6 nitrogen and oxygen atoms in total. The van der Waals surface area contributed by atoms with Gasteiger partial charge < -0.3 is 15.3 Å². The van der Waals surface area contributed by atoms with E-state index in [0.29, 0.717) is 19.4 Å². The Balaban J connectivity index is 2.49. The van der Waals surface area contributed by atoms with Crippen LogP contribution in [0.25, 0.3) is 0 Å². The zero-order valence-corrected chi connectivity index (χ0v) is 7.60. The standard InChI is InChI=1S/C8H12N2O4/c11-5-9-3-4-10-6(8(13)14)1-2-7(10)12/h5-6H,1-4H2,(H,9,11)(H,13,14). The van der Waals surface area contributed by atoms with E-state index in [-0.39, 0.29) is 18.9 Å². The maximum Gasteiger partial charge on any atom is 0.326 e. The number of nitrogens with one attached hydrogen (secondary N) is 1. The first-order valence-electron chi connectivity index (χ1n) is 4.36. The minimum atomic E-state index is -0.984. The molecule has 14 heavy (non-hydrogen) atoms. The van der Waals surface area contributed by atoms with E-state index in [2.05, 4.69) is 5.32 Å². The highest BCUT2D eigenvalue weighted by Gasteiger charge is 2.35. The van der Waals surface area contributed by atoms with E-state index < -0.39 is 12.0 Å². The number of carbonyl (C=O) groups is 3. The first-order valence-corrected chi connectivity index (χ1v) is 4.36. The number of rotatable bonds is 5. The number of carboxylic acid groups (broad SMARTS) is 1. The Hall–Kier alpha value is -1.59. The van der Waals surface area contributed by atoms with Crippen molar-refractivity contribution in [3.63, 3.8) is 0 Å². The summed E-state index contributed by atoms with van der Waals surface area (Å²) >= 11 is 0. The van der Waals surface area contributed by atoms with Gasteiger partial charge in [-0.3, -0.25) is 9.59 Å². The smallest absolute Gasteiger partial charge is 0.326 e. The van der Waals surface area contributed by atoms with Crippen LogP contribution < -0.4 is 5.32 Å². The highest BCUT2D eigenvalue weighted by atomic mass is 16.4. The maximum atomic E-state index is 11.2. The van der Waals surface area contributed by atoms with Crippen LogP contribution in [0.5, 0.6) is 0 Å². The van der Waals surface area contributed by atoms with E-state index in [4.69, 9.17) is 5.11 Å². The van der Waals surface area contributed by atoms with Crippen molar-refractivity contribution in [3.05, 3.63) is 0 Å². The Bertz CT molecular complexity index is 254. The van der Waals surface area contributed by atoms with E-state index in [1.54, 1.807) is 0 Å². The molecule has 0 radical (unpaired) electrons. The molecule has 1 fully saturated rings. The molecule has 1 aliphatic heterocycles. The molecule has 0 bridgehead atoms. The SMILES string of the molecule is O=CNCCN1C(=O)CCC1C(=O)O. The minimum absolute atomic E-state index is 0.162. The van der Waals surface area contributed by atoms with Gasteiger partial charge in [-0.2, -0.15) is 0 Å². The van der Waals surface area contributed by atoms with Crippen LogP contribution in [0, 0.1) is 0 Å². The third-order valence-corrected chi connectivity index (χ3v) is 2.19. The summed E-state index contributed by atoms with van der Waals surface area (Å²) in [4.78, 5) is 33.2. The lowest BCUT2D eigenvalue weighted by atomic mass is 10.2. The van der Waals surface area contributed by atoms with Crippen molar-refractivity contribution in [3.8, 4) is 0 Å². The van der Waals surface area contributed by atoms with Gasteiger partial charge in [0, 0.05) is 19.5 Å². The fourth-order valence-electron chi connectivity index (χ4n) is 1.51. The third-order valence-electron chi connectivity index (χ3n) is 2.19. The highest BCUT2D eigenvalue weighted by molar-refractivity contribution is 5.87. The summed E-state index contributed by atoms with van der Waals surface area (Å²) in [5.41, 5.74) is 0. The largest absolute Gasteiger partial charge is 0.480 e. The van der Waals surface area contributed by atoms with Crippen LogP contribution in [0.15, 0.2) is 0 Å². The molecule has 0 spiro atoms. The Morgan fingerprint density at radius 2 is 2.43 bits per heavy atom. The Morgan fingerprint density at radius 1 is 1.71 bits per heavy atom. The molecule has 1 rings (SSSR count). The summed E-state index contributed by atoms with van der Waals surface area (Å²) < 4.78 is 0. The number of hydrogen-bond acceptors (Lipinski definition) is 3. The van der Waals surface area contributed by atoms with Crippen LogP contribution in [-0.4, -0.2) is 47.4 Å². The van der Waals surface area contributed by atoms with Gasteiger partial charge in [0.1, 0.15) is 6.04 Å². The summed E-state index contributed by atoms with van der Waals surface area (Å²) in [6.07, 6.45) is 1.16. The second-order valence-corrected chi connectivity index (χ2v) is 3.05. The third kappa shape index (κ3) is 2.21. The molecule has 1 heterocycles. The van der Waals surface area contributed by atoms with E-state index >= 15 is 0 Å². The van der Waals surface area contributed by atoms with Gasteiger partial charge in [-0.05, 0) is 6.42 Å². The molecule has 6 heteroatoms. The molecule has 2 amide bonds. The lowest BCUT2D eigenvalue weighted by Crippen LogP contribution is -2.42. The van der Waals surface area contributed by atoms with Gasteiger partial charge in [0.2, 0.25) is 12.3 Å². The van der Waals surface area contributed by atoms with Gasteiger partial charge in [-0.1, -0.05) is 0 Å². The van der Waals surface area contributed by atoms with E-state index in [1.807, 2.05) is 0 Å². The number of likely N-dealkylation sites (tertiary alicyclic amines) is 1. The lowest BCUT2D eigenvalue weighted by Gasteiger charge is -2.20. The fraction of sp³-hybridized carbons (Fsp3) is 0.625. The molecule has 0 saturated carbocycles. The average molecular weight is 200 g/mol. The van der Waals surface area contributed by atoms with Gasteiger partial charge >= 0.3 is 5.97 Å². The zero-order valence-electron chi connectivity index (χ0n) is 7.60. The predicted octanol–water partition coefficient (Wildman–Crippen LogP) is -1.19. The molecule has 0 aromatic rings. The van der Waals surface area contributed by atoms with Crippen molar-refractivity contribution < 1.29 is 19.5 Å². The topological polar surface area (TPSA) is 86.7 Å².